The number of nitrogens with two attached hydrogens (primary N) is 1. The number of fused-ring (bicyclic) bond motifs is 1. The Morgan fingerprint density at radius 1 is 1.14 bits per heavy atom. The lowest BCUT2D eigenvalue weighted by molar-refractivity contribution is -0.0884. The zero-order valence-electron chi connectivity index (χ0n) is 22.6. The minimum absolute atomic E-state index is 0.351. The lowest BCUT2D eigenvalue weighted by atomic mass is 9.93. The van der Waals surface area contributed by atoms with Gasteiger partial charge in [0.25, 0.3) is 0 Å². The van der Waals surface area contributed by atoms with E-state index in [0.29, 0.717) is 17.8 Å². The van der Waals surface area contributed by atoms with Crippen molar-refractivity contribution in [2.45, 2.75) is 66.0 Å². The van der Waals surface area contributed by atoms with Crippen LogP contribution in [0.2, 0.25) is 0 Å². The van der Waals surface area contributed by atoms with E-state index in [4.69, 9.17) is 5.73 Å². The Morgan fingerprint density at radius 3 is 2.49 bits per heavy atom. The van der Waals surface area contributed by atoms with Gasteiger partial charge in [0.1, 0.15) is 5.82 Å². The molecule has 2 N–H and O–H groups in total. The first-order valence-corrected chi connectivity index (χ1v) is 12.8. The molecule has 37 heavy (non-hydrogen) atoms. The van der Waals surface area contributed by atoms with Gasteiger partial charge in [-0.2, -0.15) is 13.2 Å². The second-order valence-electron chi connectivity index (χ2n) is 8.99. The van der Waals surface area contributed by atoms with Crippen LogP contribution in [-0.4, -0.2) is 34.6 Å². The number of pyridine rings is 2. The van der Waals surface area contributed by atoms with E-state index in [-0.39, 0.29) is 0 Å². The normalized spacial score (nSPS) is 17.2. The number of nitrogens with zero attached hydrogens (tertiary/aromatic N) is 3. The van der Waals surface area contributed by atoms with E-state index >= 15 is 0 Å². The summed E-state index contributed by atoms with van der Waals surface area (Å²) in [4.78, 5) is 10.3. The third-order valence-corrected chi connectivity index (χ3v) is 6.25. The van der Waals surface area contributed by atoms with Crippen LogP contribution < -0.4 is 5.73 Å². The van der Waals surface area contributed by atoms with Crippen LogP contribution in [0.15, 0.2) is 89.0 Å². The molecule has 1 fully saturated rings. The molecular weight excluding hydrogens is 473 g/mol. The van der Waals surface area contributed by atoms with Crippen LogP contribution in [0.1, 0.15) is 59.8 Å². The molecule has 200 valence electrons. The number of rotatable bonds is 6. The summed E-state index contributed by atoms with van der Waals surface area (Å²) in [6.07, 6.45) is 11.7. The van der Waals surface area contributed by atoms with Crippen molar-refractivity contribution in [1.82, 2.24) is 14.9 Å². The molecule has 0 spiro atoms. The minimum atomic E-state index is -4.34. The van der Waals surface area contributed by atoms with Gasteiger partial charge in [0, 0.05) is 37.1 Å². The fourth-order valence-corrected chi connectivity index (χ4v) is 4.05. The Labute approximate surface area is 219 Å². The monoisotopic (exact) mass is 512 g/mol. The first-order chi connectivity index (χ1) is 17.6. The number of halogens is 3. The number of hydrogen-bond acceptors (Lipinski definition) is 4. The number of nitrogen functional groups attached to an aromatic ring is 1. The fraction of sp³-hybridized carbons (Fsp3) is 0.400. The number of likely N-dealkylation sites (tertiary alicyclic amines) is 1. The number of anilines is 1. The van der Waals surface area contributed by atoms with Crippen LogP contribution in [0.3, 0.4) is 0 Å². The molecule has 0 aliphatic carbocycles. The van der Waals surface area contributed by atoms with E-state index in [1.165, 1.54) is 17.8 Å². The highest BCUT2D eigenvalue weighted by molar-refractivity contribution is 5.87. The molecule has 3 heterocycles. The average molecular weight is 513 g/mol. The van der Waals surface area contributed by atoms with Crippen molar-refractivity contribution >= 4 is 16.7 Å². The SMILES string of the molecule is C\C=C/C(=C\C(=C\CC)C(F)(F)F)C(/C=C1/CCCCN1C)=C(C)CC.Nc1nccc2ncccc12. The zero-order valence-corrected chi connectivity index (χ0v) is 22.6. The molecular formula is C30H39F3N4. The molecule has 0 amide bonds. The molecule has 1 aliphatic rings. The molecule has 0 saturated carbocycles. The van der Waals surface area contributed by atoms with E-state index in [9.17, 15) is 13.2 Å². The molecule has 7 heteroatoms. The molecule has 1 aliphatic heterocycles. The quantitative estimate of drug-likeness (QED) is 0.395. The van der Waals surface area contributed by atoms with Crippen molar-refractivity contribution in [3.8, 4) is 0 Å². The Kier molecular flexibility index (Phi) is 11.6. The predicted molar refractivity (Wildman–Crippen MR) is 149 cm³/mol. The number of alkyl halides is 3. The van der Waals surface area contributed by atoms with E-state index in [2.05, 4.69) is 28.0 Å². The maximum absolute atomic E-state index is 13.4. The van der Waals surface area contributed by atoms with Crippen LogP contribution in [0, 0.1) is 0 Å². The Morgan fingerprint density at radius 2 is 1.89 bits per heavy atom. The number of piperidine rings is 1. The van der Waals surface area contributed by atoms with Gasteiger partial charge in [0.2, 0.25) is 0 Å². The van der Waals surface area contributed by atoms with Crippen LogP contribution in [0.4, 0.5) is 19.0 Å². The lowest BCUT2D eigenvalue weighted by Crippen LogP contribution is -2.23. The molecule has 2 aromatic heterocycles. The molecule has 4 nitrogen and oxygen atoms in total. The highest BCUT2D eigenvalue weighted by Gasteiger charge is 2.32. The summed E-state index contributed by atoms with van der Waals surface area (Å²) in [5, 5.41) is 0.912. The lowest BCUT2D eigenvalue weighted by Gasteiger charge is -2.28. The van der Waals surface area contributed by atoms with Gasteiger partial charge in [-0.05, 0) is 87.4 Å². The summed E-state index contributed by atoms with van der Waals surface area (Å²) in [6, 6.07) is 5.59. The van der Waals surface area contributed by atoms with Crippen LogP contribution >= 0.6 is 0 Å². The molecule has 0 aromatic carbocycles. The highest BCUT2D eigenvalue weighted by atomic mass is 19.4. The topological polar surface area (TPSA) is 55.0 Å². The summed E-state index contributed by atoms with van der Waals surface area (Å²) in [5.41, 5.74) is 9.73. The van der Waals surface area contributed by atoms with Crippen molar-refractivity contribution < 1.29 is 13.2 Å². The second kappa shape index (κ2) is 14.4. The largest absolute Gasteiger partial charge is 0.416 e. The van der Waals surface area contributed by atoms with Crippen LogP contribution in [0.25, 0.3) is 10.9 Å². The molecule has 0 atom stereocenters. The van der Waals surface area contributed by atoms with Crippen molar-refractivity contribution in [2.24, 2.45) is 0 Å². The van der Waals surface area contributed by atoms with Crippen molar-refractivity contribution in [2.75, 3.05) is 19.3 Å². The smallest absolute Gasteiger partial charge is 0.383 e. The number of allylic oxidation sites excluding steroid dienone is 10. The van der Waals surface area contributed by atoms with Gasteiger partial charge in [-0.1, -0.05) is 37.6 Å². The van der Waals surface area contributed by atoms with E-state index in [1.54, 1.807) is 31.5 Å². The summed E-state index contributed by atoms with van der Waals surface area (Å²) in [7, 11) is 2.06. The van der Waals surface area contributed by atoms with Crippen molar-refractivity contribution in [3.05, 3.63) is 89.0 Å². The van der Waals surface area contributed by atoms with Gasteiger partial charge >= 0.3 is 6.18 Å². The summed E-state index contributed by atoms with van der Waals surface area (Å²) < 4.78 is 40.2. The van der Waals surface area contributed by atoms with Crippen molar-refractivity contribution in [1.29, 1.82) is 0 Å². The average Bonchev–Trinajstić information content (AvgIpc) is 2.87. The van der Waals surface area contributed by atoms with Gasteiger partial charge in [0.05, 0.1) is 11.1 Å². The molecule has 3 rings (SSSR count). The summed E-state index contributed by atoms with van der Waals surface area (Å²) in [5.74, 6) is 0.538. The van der Waals surface area contributed by atoms with Gasteiger partial charge in [-0.3, -0.25) is 4.98 Å². The predicted octanol–water partition coefficient (Wildman–Crippen LogP) is 8.33. The van der Waals surface area contributed by atoms with Gasteiger partial charge < -0.3 is 10.6 Å². The first-order valence-electron chi connectivity index (χ1n) is 12.8. The van der Waals surface area contributed by atoms with Crippen LogP contribution in [0.5, 0.6) is 0 Å². The maximum atomic E-state index is 13.4. The molecule has 0 unspecified atom stereocenters. The Hall–Kier alpha value is -3.35. The molecule has 0 bridgehead atoms. The standard InChI is InChI=1S/C22H32F3N.C8H7N3/c1-6-11-18(15-19(12-7-2)22(23,24)25)21(17(4)8-3)16-20-13-9-10-14-26(20)5;9-8-6-2-1-4-10-7(6)3-5-11-8/h6,11-12,15-16H,7-10,13-14H2,1-5H3;1-5H,(H2,9,11)/b11-6-,18-15+,19-12-,20-16-,21-17?;. The van der Waals surface area contributed by atoms with Gasteiger partial charge in [-0.15, -0.1) is 0 Å². The maximum Gasteiger partial charge on any atom is 0.416 e. The Balaban J connectivity index is 0.000000358. The van der Waals surface area contributed by atoms with Gasteiger partial charge in [0.15, 0.2) is 0 Å². The fourth-order valence-electron chi connectivity index (χ4n) is 4.05. The number of aromatic nitrogens is 2. The Bertz CT molecular complexity index is 1180. The third kappa shape index (κ3) is 8.92. The van der Waals surface area contributed by atoms with E-state index in [0.717, 1.165) is 54.3 Å². The third-order valence-electron chi connectivity index (χ3n) is 6.25. The summed E-state index contributed by atoms with van der Waals surface area (Å²) in [6.45, 7) is 8.60. The van der Waals surface area contributed by atoms with Crippen LogP contribution in [-0.2, 0) is 0 Å². The molecule has 2 aromatic rings. The van der Waals surface area contributed by atoms with Gasteiger partial charge in [-0.25, -0.2) is 4.98 Å². The zero-order chi connectivity index (χ0) is 27.4. The minimum Gasteiger partial charge on any atom is -0.383 e. The highest BCUT2D eigenvalue weighted by Crippen LogP contribution is 2.32. The second-order valence-corrected chi connectivity index (χ2v) is 8.99. The first kappa shape index (κ1) is 29.9. The van der Waals surface area contributed by atoms with Crippen molar-refractivity contribution in [3.63, 3.8) is 0 Å². The summed E-state index contributed by atoms with van der Waals surface area (Å²) >= 11 is 0. The van der Waals surface area contributed by atoms with E-state index in [1.807, 2.05) is 39.0 Å². The van der Waals surface area contributed by atoms with E-state index < -0.39 is 11.7 Å². The number of hydrogen-bond donors (Lipinski definition) is 1. The molecule has 1 saturated heterocycles. The molecule has 0 radical (unpaired) electrons.